The largest absolute Gasteiger partial charge is 0.492 e. The Morgan fingerprint density at radius 1 is 1.41 bits per heavy atom. The fraction of sp³-hybridized carbons (Fsp3) is 0.667. The lowest BCUT2D eigenvalue weighted by atomic mass is 9.76. The van der Waals surface area contributed by atoms with Crippen LogP contribution in [0.3, 0.4) is 0 Å². The Morgan fingerprint density at radius 3 is 3.05 bits per heavy atom. The van der Waals surface area contributed by atoms with Gasteiger partial charge < -0.3 is 14.6 Å². The van der Waals surface area contributed by atoms with Crippen LogP contribution < -0.4 is 4.74 Å². The van der Waals surface area contributed by atoms with Gasteiger partial charge in [-0.2, -0.15) is 0 Å². The van der Waals surface area contributed by atoms with E-state index in [0.717, 1.165) is 38.4 Å². The number of nitrogens with zero attached hydrogens (tertiary/aromatic N) is 1. The van der Waals surface area contributed by atoms with Crippen molar-refractivity contribution in [3.63, 3.8) is 0 Å². The van der Waals surface area contributed by atoms with Gasteiger partial charge in [0, 0.05) is 31.7 Å². The van der Waals surface area contributed by atoms with Gasteiger partial charge in [0.15, 0.2) is 0 Å². The summed E-state index contributed by atoms with van der Waals surface area (Å²) in [7, 11) is 0. The van der Waals surface area contributed by atoms with Crippen LogP contribution in [0.4, 0.5) is 0 Å². The van der Waals surface area contributed by atoms with Gasteiger partial charge in [-0.25, -0.2) is 0 Å². The first-order valence-electron chi connectivity index (χ1n) is 8.24. The summed E-state index contributed by atoms with van der Waals surface area (Å²) in [5.41, 5.74) is 2.44. The number of aliphatic hydroxyl groups is 1. The molecule has 0 bridgehead atoms. The minimum absolute atomic E-state index is 0.0441. The monoisotopic (exact) mass is 305 g/mol. The maximum Gasteiger partial charge on any atom is 0.122 e. The summed E-state index contributed by atoms with van der Waals surface area (Å²) in [6, 6.07) is 6.19. The Kier molecular flexibility index (Phi) is 4.71. The van der Waals surface area contributed by atoms with E-state index in [1.807, 2.05) is 12.1 Å². The van der Waals surface area contributed by atoms with E-state index >= 15 is 0 Å². The topological polar surface area (TPSA) is 41.9 Å². The zero-order chi connectivity index (χ0) is 15.6. The Labute approximate surface area is 133 Å². The molecule has 0 aliphatic carbocycles. The van der Waals surface area contributed by atoms with E-state index in [9.17, 15) is 5.11 Å². The maximum atomic E-state index is 9.80. The molecule has 1 N–H and O–H groups in total. The van der Waals surface area contributed by atoms with Crippen LogP contribution in [0.2, 0.25) is 0 Å². The van der Waals surface area contributed by atoms with Crippen molar-refractivity contribution in [2.75, 3.05) is 46.1 Å². The van der Waals surface area contributed by atoms with Crippen LogP contribution >= 0.6 is 0 Å². The van der Waals surface area contributed by atoms with Crippen LogP contribution in [0, 0.1) is 25.2 Å². The lowest BCUT2D eigenvalue weighted by Gasteiger charge is -2.36. The fourth-order valence-corrected chi connectivity index (χ4v) is 3.77. The molecule has 2 atom stereocenters. The second-order valence-corrected chi connectivity index (χ2v) is 6.84. The SMILES string of the molecule is Cc1cccc(OCCN2C[C@@H]3CCOC[C@]3(CO)C2)c1C. The minimum Gasteiger partial charge on any atom is -0.492 e. The summed E-state index contributed by atoms with van der Waals surface area (Å²) < 4.78 is 11.6. The zero-order valence-corrected chi connectivity index (χ0v) is 13.7. The van der Waals surface area contributed by atoms with E-state index < -0.39 is 0 Å². The van der Waals surface area contributed by atoms with E-state index in [1.165, 1.54) is 11.1 Å². The van der Waals surface area contributed by atoms with Crippen LogP contribution in [0.25, 0.3) is 0 Å². The molecule has 2 saturated heterocycles. The Morgan fingerprint density at radius 2 is 2.27 bits per heavy atom. The van der Waals surface area contributed by atoms with Crippen LogP contribution in [-0.2, 0) is 4.74 Å². The summed E-state index contributed by atoms with van der Waals surface area (Å²) >= 11 is 0. The van der Waals surface area contributed by atoms with Gasteiger partial charge in [0.25, 0.3) is 0 Å². The van der Waals surface area contributed by atoms with Gasteiger partial charge in [0.1, 0.15) is 12.4 Å². The molecule has 22 heavy (non-hydrogen) atoms. The normalized spacial score (nSPS) is 28.6. The van der Waals surface area contributed by atoms with Gasteiger partial charge in [-0.05, 0) is 43.4 Å². The van der Waals surface area contributed by atoms with E-state index in [1.54, 1.807) is 0 Å². The second-order valence-electron chi connectivity index (χ2n) is 6.84. The summed E-state index contributed by atoms with van der Waals surface area (Å²) in [6.45, 7) is 9.55. The van der Waals surface area contributed by atoms with Crippen molar-refractivity contribution in [3.05, 3.63) is 29.3 Å². The molecule has 0 spiro atoms. The second kappa shape index (κ2) is 6.57. The fourth-order valence-electron chi connectivity index (χ4n) is 3.77. The highest BCUT2D eigenvalue weighted by Gasteiger charge is 2.47. The van der Waals surface area contributed by atoms with Crippen molar-refractivity contribution in [2.45, 2.75) is 20.3 Å². The smallest absolute Gasteiger partial charge is 0.122 e. The van der Waals surface area contributed by atoms with Gasteiger partial charge in [-0.15, -0.1) is 0 Å². The van der Waals surface area contributed by atoms with Crippen LogP contribution in [0.15, 0.2) is 18.2 Å². The van der Waals surface area contributed by atoms with Crippen molar-refractivity contribution >= 4 is 0 Å². The van der Waals surface area contributed by atoms with E-state index in [-0.39, 0.29) is 12.0 Å². The van der Waals surface area contributed by atoms with Crippen molar-refractivity contribution in [1.29, 1.82) is 0 Å². The Bertz CT molecular complexity index is 519. The average molecular weight is 305 g/mol. The molecule has 1 aromatic carbocycles. The summed E-state index contributed by atoms with van der Waals surface area (Å²) in [4.78, 5) is 2.42. The maximum absolute atomic E-state index is 9.80. The summed E-state index contributed by atoms with van der Waals surface area (Å²) in [5.74, 6) is 1.55. The molecule has 0 aromatic heterocycles. The molecular formula is C18H27NO3. The molecule has 0 radical (unpaired) electrons. The number of likely N-dealkylation sites (tertiary alicyclic amines) is 1. The van der Waals surface area contributed by atoms with Gasteiger partial charge in [-0.3, -0.25) is 4.90 Å². The molecule has 4 nitrogen and oxygen atoms in total. The van der Waals surface area contributed by atoms with E-state index in [4.69, 9.17) is 9.47 Å². The predicted octanol–water partition coefficient (Wildman–Crippen LogP) is 2.01. The van der Waals surface area contributed by atoms with Crippen LogP contribution in [-0.4, -0.2) is 56.1 Å². The molecule has 122 valence electrons. The quantitative estimate of drug-likeness (QED) is 0.903. The molecule has 2 heterocycles. The first kappa shape index (κ1) is 15.8. The van der Waals surface area contributed by atoms with Gasteiger partial charge in [0.2, 0.25) is 0 Å². The zero-order valence-electron chi connectivity index (χ0n) is 13.7. The molecule has 2 fully saturated rings. The Balaban J connectivity index is 1.53. The number of hydrogen-bond acceptors (Lipinski definition) is 4. The van der Waals surface area contributed by atoms with E-state index in [2.05, 4.69) is 24.8 Å². The number of hydrogen-bond donors (Lipinski definition) is 1. The minimum atomic E-state index is -0.0441. The molecule has 0 amide bonds. The van der Waals surface area contributed by atoms with Crippen molar-refractivity contribution in [2.24, 2.45) is 11.3 Å². The molecule has 0 saturated carbocycles. The van der Waals surface area contributed by atoms with Gasteiger partial charge in [-0.1, -0.05) is 12.1 Å². The number of rotatable bonds is 5. The third-order valence-corrected chi connectivity index (χ3v) is 5.42. The first-order valence-corrected chi connectivity index (χ1v) is 8.24. The molecular weight excluding hydrogens is 278 g/mol. The molecule has 0 unspecified atom stereocenters. The highest BCUT2D eigenvalue weighted by molar-refractivity contribution is 5.38. The lowest BCUT2D eigenvalue weighted by molar-refractivity contribution is -0.0561. The van der Waals surface area contributed by atoms with Crippen LogP contribution in [0.1, 0.15) is 17.5 Å². The molecule has 4 heteroatoms. The van der Waals surface area contributed by atoms with Crippen LogP contribution in [0.5, 0.6) is 5.75 Å². The third-order valence-electron chi connectivity index (χ3n) is 5.42. The van der Waals surface area contributed by atoms with Crippen molar-refractivity contribution < 1.29 is 14.6 Å². The first-order chi connectivity index (χ1) is 10.6. The predicted molar refractivity (Wildman–Crippen MR) is 86.3 cm³/mol. The lowest BCUT2D eigenvalue weighted by Crippen LogP contribution is -2.43. The highest BCUT2D eigenvalue weighted by atomic mass is 16.5. The Hall–Kier alpha value is -1.10. The summed E-state index contributed by atoms with van der Waals surface area (Å²) in [5, 5.41) is 9.80. The van der Waals surface area contributed by atoms with Gasteiger partial charge >= 0.3 is 0 Å². The number of benzene rings is 1. The number of aryl methyl sites for hydroxylation is 1. The standard InChI is InChI=1S/C18H27NO3/c1-14-4-3-5-17(15(14)2)22-9-7-19-10-16-6-8-21-13-18(16,11-19)12-20/h3-5,16,20H,6-13H2,1-2H3/t16-,18+/m0/s1. The highest BCUT2D eigenvalue weighted by Crippen LogP contribution is 2.40. The molecule has 2 aliphatic rings. The van der Waals surface area contributed by atoms with Crippen molar-refractivity contribution in [1.82, 2.24) is 4.90 Å². The average Bonchev–Trinajstić information content (AvgIpc) is 2.90. The van der Waals surface area contributed by atoms with Gasteiger partial charge in [0.05, 0.1) is 13.2 Å². The van der Waals surface area contributed by atoms with E-state index in [0.29, 0.717) is 19.1 Å². The summed E-state index contributed by atoms with van der Waals surface area (Å²) in [6.07, 6.45) is 1.06. The molecule has 2 aliphatic heterocycles. The third kappa shape index (κ3) is 3.00. The molecule has 3 rings (SSSR count). The number of ether oxygens (including phenoxy) is 2. The molecule has 1 aromatic rings. The number of aliphatic hydroxyl groups excluding tert-OH is 1. The number of fused-ring (bicyclic) bond motifs is 1. The van der Waals surface area contributed by atoms with Crippen molar-refractivity contribution in [3.8, 4) is 5.75 Å².